The first kappa shape index (κ1) is 17.7. The summed E-state index contributed by atoms with van der Waals surface area (Å²) in [6, 6.07) is 0. The topological polar surface area (TPSA) is 78.6 Å². The van der Waals surface area contributed by atoms with Crippen molar-refractivity contribution in [2.24, 2.45) is 13.0 Å². The number of aromatic nitrogens is 2. The lowest BCUT2D eigenvalue weighted by Crippen LogP contribution is -2.48. The van der Waals surface area contributed by atoms with Gasteiger partial charge in [-0.2, -0.15) is 13.2 Å². The molecule has 0 saturated heterocycles. The zero-order valence-corrected chi connectivity index (χ0v) is 12.9. The largest absolute Gasteiger partial charge is 0.425 e. The number of hydrogen-bond acceptors (Lipinski definition) is 4. The molecule has 1 amide bonds. The minimum absolute atomic E-state index is 0.0575. The molecule has 0 aromatic carbocycles. The van der Waals surface area contributed by atoms with Gasteiger partial charge in [-0.05, 0) is 18.8 Å². The second kappa shape index (κ2) is 6.12. The van der Waals surface area contributed by atoms with Crippen molar-refractivity contribution in [1.29, 1.82) is 0 Å². The predicted molar refractivity (Wildman–Crippen MR) is 74.1 cm³/mol. The van der Waals surface area contributed by atoms with E-state index in [9.17, 15) is 28.2 Å². The molecule has 1 heterocycles. The number of hydrogen-bond donors (Lipinski definition) is 2. The van der Waals surface area contributed by atoms with Gasteiger partial charge in [-0.25, -0.2) is 4.98 Å². The number of rotatable bonds is 6. The molecule has 6 nitrogen and oxygen atoms in total. The van der Waals surface area contributed by atoms with E-state index in [1.54, 1.807) is 0 Å². The second-order valence-corrected chi connectivity index (χ2v) is 6.08. The molecule has 1 aromatic rings. The van der Waals surface area contributed by atoms with Gasteiger partial charge in [-0.3, -0.25) is 4.79 Å². The van der Waals surface area contributed by atoms with Crippen molar-refractivity contribution in [3.05, 3.63) is 18.2 Å². The van der Waals surface area contributed by atoms with Crippen LogP contribution in [0, 0.1) is 5.92 Å². The molecule has 9 heteroatoms. The van der Waals surface area contributed by atoms with E-state index in [1.807, 2.05) is 0 Å². The van der Waals surface area contributed by atoms with Crippen molar-refractivity contribution in [3.63, 3.8) is 0 Å². The molecule has 130 valence electrons. The van der Waals surface area contributed by atoms with Crippen LogP contribution in [0.2, 0.25) is 0 Å². The molecule has 2 N–H and O–H groups in total. The molecule has 0 aliphatic heterocycles. The summed E-state index contributed by atoms with van der Waals surface area (Å²) in [6.07, 6.45) is -2.91. The molecule has 1 aliphatic rings. The highest BCUT2D eigenvalue weighted by molar-refractivity contribution is 5.77. The molecular formula is C14H20F3N3O3. The molecule has 2 unspecified atom stereocenters. The predicted octanol–water partition coefficient (Wildman–Crippen LogP) is 0.789. The Balaban J connectivity index is 2.14. The molecular weight excluding hydrogens is 315 g/mol. The Morgan fingerprint density at radius 3 is 2.57 bits per heavy atom. The van der Waals surface area contributed by atoms with E-state index in [4.69, 9.17) is 0 Å². The molecule has 23 heavy (non-hydrogen) atoms. The van der Waals surface area contributed by atoms with Crippen molar-refractivity contribution in [2.45, 2.75) is 37.1 Å². The van der Waals surface area contributed by atoms with Gasteiger partial charge in [0.15, 0.2) is 5.82 Å². The standard InChI is InChI=1S/C14H20F3N3O3/c1-19-6-5-18-12(19)13(23,14(15,16)17)7-11(22)20(2)8-10(21)9-3-4-9/h5-6,9-10,21,23H,3-4,7-8H2,1-2H3. The van der Waals surface area contributed by atoms with E-state index >= 15 is 0 Å². The lowest BCUT2D eigenvalue weighted by atomic mass is 9.96. The van der Waals surface area contributed by atoms with Gasteiger partial charge in [-0.15, -0.1) is 0 Å². The highest BCUT2D eigenvalue weighted by Crippen LogP contribution is 2.41. The summed E-state index contributed by atoms with van der Waals surface area (Å²) in [4.78, 5) is 16.7. The lowest BCUT2D eigenvalue weighted by Gasteiger charge is -2.31. The van der Waals surface area contributed by atoms with Crippen molar-refractivity contribution >= 4 is 5.91 Å². The number of carbonyl (C=O) groups is 1. The van der Waals surface area contributed by atoms with E-state index < -0.39 is 36.0 Å². The van der Waals surface area contributed by atoms with Crippen molar-refractivity contribution < 1.29 is 28.2 Å². The Hall–Kier alpha value is -1.61. The molecule has 2 rings (SSSR count). The van der Waals surface area contributed by atoms with Gasteiger partial charge in [0.2, 0.25) is 11.5 Å². The summed E-state index contributed by atoms with van der Waals surface area (Å²) >= 11 is 0. The molecule has 1 saturated carbocycles. The Morgan fingerprint density at radius 1 is 1.52 bits per heavy atom. The van der Waals surface area contributed by atoms with E-state index in [0.717, 1.165) is 28.5 Å². The average Bonchev–Trinajstić information content (AvgIpc) is 3.19. The first-order chi connectivity index (χ1) is 10.6. The Bertz CT molecular complexity index is 571. The number of alkyl halides is 3. The van der Waals surface area contributed by atoms with Crippen LogP contribution in [0.3, 0.4) is 0 Å². The number of aryl methyl sites for hydroxylation is 1. The fourth-order valence-electron chi connectivity index (χ4n) is 2.44. The van der Waals surface area contributed by atoms with Crippen LogP contribution in [0.5, 0.6) is 0 Å². The number of aliphatic hydroxyl groups is 2. The fraction of sp³-hybridized carbons (Fsp3) is 0.714. The lowest BCUT2D eigenvalue weighted by molar-refractivity contribution is -0.271. The third-order valence-corrected chi connectivity index (χ3v) is 4.12. The number of aliphatic hydroxyl groups excluding tert-OH is 1. The highest BCUT2D eigenvalue weighted by Gasteiger charge is 2.59. The normalized spacial score (nSPS) is 19.3. The van der Waals surface area contributed by atoms with E-state index in [-0.39, 0.29) is 12.5 Å². The van der Waals surface area contributed by atoms with Crippen LogP contribution >= 0.6 is 0 Å². The van der Waals surface area contributed by atoms with Crippen LogP contribution in [-0.2, 0) is 17.4 Å². The SMILES string of the molecule is CN(CC(O)C1CC1)C(=O)CC(O)(c1nccn1C)C(F)(F)F. The van der Waals surface area contributed by atoms with E-state index in [1.165, 1.54) is 20.3 Å². The zero-order chi connectivity index (χ0) is 17.4. The summed E-state index contributed by atoms with van der Waals surface area (Å²) < 4.78 is 41.1. The van der Waals surface area contributed by atoms with Gasteiger partial charge < -0.3 is 19.7 Å². The third-order valence-electron chi connectivity index (χ3n) is 4.12. The first-order valence-corrected chi connectivity index (χ1v) is 7.25. The van der Waals surface area contributed by atoms with Crippen LogP contribution < -0.4 is 0 Å². The molecule has 1 fully saturated rings. The van der Waals surface area contributed by atoms with Crippen LogP contribution in [0.15, 0.2) is 12.4 Å². The number of likely N-dealkylation sites (N-methyl/N-ethyl adjacent to an activating group) is 1. The van der Waals surface area contributed by atoms with Crippen LogP contribution in [0.1, 0.15) is 25.1 Å². The number of nitrogens with zero attached hydrogens (tertiary/aromatic N) is 3. The summed E-state index contributed by atoms with van der Waals surface area (Å²) in [5, 5.41) is 19.9. The Kier molecular flexibility index (Phi) is 4.72. The van der Waals surface area contributed by atoms with Crippen molar-refractivity contribution in [1.82, 2.24) is 14.5 Å². The minimum atomic E-state index is -5.06. The molecule has 0 bridgehead atoms. The molecule has 0 radical (unpaired) electrons. The van der Waals surface area contributed by atoms with Crippen LogP contribution in [0.4, 0.5) is 13.2 Å². The maximum Gasteiger partial charge on any atom is 0.425 e. The quantitative estimate of drug-likeness (QED) is 0.806. The van der Waals surface area contributed by atoms with Gasteiger partial charge in [0.25, 0.3) is 0 Å². The fourth-order valence-corrected chi connectivity index (χ4v) is 2.44. The van der Waals surface area contributed by atoms with Gasteiger partial charge in [0.1, 0.15) is 0 Å². The van der Waals surface area contributed by atoms with E-state index in [0.29, 0.717) is 0 Å². The summed E-state index contributed by atoms with van der Waals surface area (Å²) in [6.45, 7) is -0.0575. The number of carbonyl (C=O) groups excluding carboxylic acids is 1. The molecule has 2 atom stereocenters. The number of imidazole rings is 1. The van der Waals surface area contributed by atoms with Crippen LogP contribution in [-0.4, -0.2) is 56.4 Å². The average molecular weight is 335 g/mol. The summed E-state index contributed by atoms with van der Waals surface area (Å²) in [7, 11) is 2.62. The molecule has 1 aromatic heterocycles. The smallest absolute Gasteiger partial charge is 0.391 e. The summed E-state index contributed by atoms with van der Waals surface area (Å²) in [5.41, 5.74) is -3.37. The second-order valence-electron chi connectivity index (χ2n) is 6.08. The maximum atomic E-state index is 13.3. The number of amides is 1. The van der Waals surface area contributed by atoms with Gasteiger partial charge >= 0.3 is 6.18 Å². The number of halogens is 3. The van der Waals surface area contributed by atoms with Gasteiger partial charge in [0, 0.05) is 33.0 Å². The Labute approximate surface area is 131 Å². The monoisotopic (exact) mass is 335 g/mol. The third kappa shape index (κ3) is 3.66. The molecule has 0 spiro atoms. The summed E-state index contributed by atoms with van der Waals surface area (Å²) in [5.74, 6) is -1.46. The van der Waals surface area contributed by atoms with E-state index in [2.05, 4.69) is 4.98 Å². The van der Waals surface area contributed by atoms with Gasteiger partial charge in [0.05, 0.1) is 12.5 Å². The Morgan fingerprint density at radius 2 is 2.13 bits per heavy atom. The molecule has 1 aliphatic carbocycles. The van der Waals surface area contributed by atoms with Crippen molar-refractivity contribution in [2.75, 3.05) is 13.6 Å². The van der Waals surface area contributed by atoms with Crippen LogP contribution in [0.25, 0.3) is 0 Å². The van der Waals surface area contributed by atoms with Crippen molar-refractivity contribution in [3.8, 4) is 0 Å². The van der Waals surface area contributed by atoms with Gasteiger partial charge in [-0.1, -0.05) is 0 Å². The maximum absolute atomic E-state index is 13.3. The first-order valence-electron chi connectivity index (χ1n) is 7.25. The zero-order valence-electron chi connectivity index (χ0n) is 12.9. The minimum Gasteiger partial charge on any atom is -0.391 e. The highest BCUT2D eigenvalue weighted by atomic mass is 19.4.